The number of sulfonamides is 1. The van der Waals surface area contributed by atoms with Gasteiger partial charge in [0.05, 0.1) is 27.1 Å². The van der Waals surface area contributed by atoms with Gasteiger partial charge in [-0.1, -0.05) is 11.6 Å². The van der Waals surface area contributed by atoms with Crippen LogP contribution >= 0.6 is 11.6 Å². The van der Waals surface area contributed by atoms with Gasteiger partial charge in [0.2, 0.25) is 10.0 Å². The van der Waals surface area contributed by atoms with Crippen molar-refractivity contribution in [2.24, 2.45) is 0 Å². The number of benzene rings is 1. The highest BCUT2D eigenvalue weighted by molar-refractivity contribution is 7.89. The van der Waals surface area contributed by atoms with Crippen LogP contribution in [0.1, 0.15) is 30.6 Å². The van der Waals surface area contributed by atoms with Crippen molar-refractivity contribution in [1.29, 1.82) is 0 Å². The topological polar surface area (TPSA) is 92.7 Å². The zero-order valence-corrected chi connectivity index (χ0v) is 13.2. The van der Waals surface area contributed by atoms with Crippen molar-refractivity contribution in [3.63, 3.8) is 0 Å². The van der Waals surface area contributed by atoms with E-state index in [0.29, 0.717) is 13.0 Å². The van der Waals surface area contributed by atoms with Gasteiger partial charge >= 0.3 is 5.97 Å². The van der Waals surface area contributed by atoms with Crippen LogP contribution < -0.4 is 4.72 Å². The zero-order valence-electron chi connectivity index (χ0n) is 11.6. The van der Waals surface area contributed by atoms with E-state index in [1.54, 1.807) is 13.8 Å². The van der Waals surface area contributed by atoms with Crippen molar-refractivity contribution >= 4 is 27.6 Å². The summed E-state index contributed by atoms with van der Waals surface area (Å²) in [6.07, 6.45) is 0.283. The fourth-order valence-electron chi connectivity index (χ4n) is 2.17. The predicted molar refractivity (Wildman–Crippen MR) is 77.2 cm³/mol. The SMILES string of the molecule is CC1OCCC1(C)NS(=O)(=O)c1ccc(Cl)c(C(=O)O)c1. The number of halogens is 1. The molecule has 1 aliphatic heterocycles. The summed E-state index contributed by atoms with van der Waals surface area (Å²) in [6.45, 7) is 4.03. The Morgan fingerprint density at radius 2 is 2.19 bits per heavy atom. The molecule has 1 fully saturated rings. The van der Waals surface area contributed by atoms with E-state index < -0.39 is 21.5 Å². The number of aromatic carboxylic acids is 1. The molecule has 2 atom stereocenters. The molecule has 0 aromatic heterocycles. The van der Waals surface area contributed by atoms with E-state index in [1.165, 1.54) is 12.1 Å². The molecule has 0 radical (unpaired) electrons. The molecule has 1 aliphatic rings. The van der Waals surface area contributed by atoms with Crippen molar-refractivity contribution in [1.82, 2.24) is 4.72 Å². The summed E-state index contributed by atoms with van der Waals surface area (Å²) < 4.78 is 32.8. The quantitative estimate of drug-likeness (QED) is 0.877. The molecule has 0 amide bonds. The Morgan fingerprint density at radius 1 is 1.52 bits per heavy atom. The maximum absolute atomic E-state index is 12.4. The Balaban J connectivity index is 2.36. The van der Waals surface area contributed by atoms with Gasteiger partial charge in [-0.05, 0) is 38.5 Å². The Kier molecular flexibility index (Phi) is 4.30. The summed E-state index contributed by atoms with van der Waals surface area (Å²) in [5, 5.41) is 9.00. The average Bonchev–Trinajstić information content (AvgIpc) is 2.68. The Labute approximate surface area is 128 Å². The molecule has 1 aromatic carbocycles. The zero-order chi connectivity index (χ0) is 15.8. The monoisotopic (exact) mass is 333 g/mol. The van der Waals surface area contributed by atoms with E-state index >= 15 is 0 Å². The van der Waals surface area contributed by atoms with E-state index in [9.17, 15) is 13.2 Å². The maximum Gasteiger partial charge on any atom is 0.337 e. The third-order valence-electron chi connectivity index (χ3n) is 3.73. The summed E-state index contributed by atoms with van der Waals surface area (Å²) in [4.78, 5) is 10.9. The van der Waals surface area contributed by atoms with Gasteiger partial charge in [-0.15, -0.1) is 0 Å². The lowest BCUT2D eigenvalue weighted by molar-refractivity contribution is 0.0696. The lowest BCUT2D eigenvalue weighted by atomic mass is 9.97. The number of carboxylic acids is 1. The molecule has 1 aromatic rings. The first kappa shape index (κ1) is 16.2. The second-order valence-electron chi connectivity index (χ2n) is 5.23. The lowest BCUT2D eigenvalue weighted by Crippen LogP contribution is -2.50. The van der Waals surface area contributed by atoms with Gasteiger partial charge in [0, 0.05) is 6.61 Å². The van der Waals surface area contributed by atoms with Gasteiger partial charge in [0.15, 0.2) is 0 Å². The van der Waals surface area contributed by atoms with Crippen LogP contribution in [0.2, 0.25) is 5.02 Å². The number of carbonyl (C=O) groups is 1. The van der Waals surface area contributed by atoms with Gasteiger partial charge in [-0.25, -0.2) is 17.9 Å². The number of hydrogen-bond donors (Lipinski definition) is 2. The van der Waals surface area contributed by atoms with Crippen molar-refractivity contribution in [2.45, 2.75) is 36.8 Å². The highest BCUT2D eigenvalue weighted by atomic mass is 35.5. The van der Waals surface area contributed by atoms with Crippen molar-refractivity contribution in [3.05, 3.63) is 28.8 Å². The number of hydrogen-bond acceptors (Lipinski definition) is 4. The molecule has 8 heteroatoms. The van der Waals surface area contributed by atoms with Crippen LogP contribution in [0.15, 0.2) is 23.1 Å². The number of nitrogens with one attached hydrogen (secondary N) is 1. The van der Waals surface area contributed by atoms with Crippen molar-refractivity contribution in [3.8, 4) is 0 Å². The highest BCUT2D eigenvalue weighted by Crippen LogP contribution is 2.28. The fourth-order valence-corrected chi connectivity index (χ4v) is 3.89. The largest absolute Gasteiger partial charge is 0.478 e. The van der Waals surface area contributed by atoms with Gasteiger partial charge in [0.1, 0.15) is 0 Å². The number of ether oxygens (including phenoxy) is 1. The van der Waals surface area contributed by atoms with Crippen molar-refractivity contribution in [2.75, 3.05) is 6.61 Å². The predicted octanol–water partition coefficient (Wildman–Crippen LogP) is 1.88. The molecule has 0 bridgehead atoms. The third kappa shape index (κ3) is 3.21. The number of carboxylic acid groups (broad SMARTS) is 1. The standard InChI is InChI=1S/C13H16ClNO5S/c1-8-13(2,5-6-20-8)15-21(18,19)9-3-4-11(14)10(7-9)12(16)17/h3-4,7-8,15H,5-6H2,1-2H3,(H,16,17). The maximum atomic E-state index is 12.4. The molecule has 0 saturated carbocycles. The molecule has 1 saturated heterocycles. The summed E-state index contributed by atoms with van der Waals surface area (Å²) in [5.74, 6) is -1.28. The highest BCUT2D eigenvalue weighted by Gasteiger charge is 2.40. The van der Waals surface area contributed by atoms with E-state index in [4.69, 9.17) is 21.4 Å². The molecule has 2 unspecified atom stereocenters. The molecule has 21 heavy (non-hydrogen) atoms. The first-order chi connectivity index (χ1) is 9.66. The minimum atomic E-state index is -3.86. The minimum Gasteiger partial charge on any atom is -0.478 e. The second kappa shape index (κ2) is 5.57. The minimum absolute atomic E-state index is 0.00905. The second-order valence-corrected chi connectivity index (χ2v) is 7.32. The molecule has 6 nitrogen and oxygen atoms in total. The van der Waals surface area contributed by atoms with E-state index in [2.05, 4.69) is 4.72 Å². The lowest BCUT2D eigenvalue weighted by Gasteiger charge is -2.28. The Hall–Kier alpha value is -1.15. The normalized spacial score (nSPS) is 26.0. The summed E-state index contributed by atoms with van der Waals surface area (Å²) in [6, 6.07) is 3.59. The average molecular weight is 334 g/mol. The van der Waals surface area contributed by atoms with Gasteiger partial charge in [0.25, 0.3) is 0 Å². The van der Waals surface area contributed by atoms with E-state index in [1.807, 2.05) is 0 Å². The molecule has 0 spiro atoms. The molecular formula is C13H16ClNO5S. The molecule has 2 N–H and O–H groups in total. The Morgan fingerprint density at radius 3 is 2.71 bits per heavy atom. The van der Waals surface area contributed by atoms with Crippen LogP contribution in [0.4, 0.5) is 0 Å². The summed E-state index contributed by atoms with van der Waals surface area (Å²) in [7, 11) is -3.86. The van der Waals surface area contributed by atoms with Crippen LogP contribution in [-0.4, -0.2) is 37.7 Å². The Bertz CT molecular complexity index is 675. The molecule has 0 aliphatic carbocycles. The fraction of sp³-hybridized carbons (Fsp3) is 0.462. The van der Waals surface area contributed by atoms with Crippen molar-refractivity contribution < 1.29 is 23.1 Å². The first-order valence-corrected chi connectivity index (χ1v) is 8.20. The molecule has 1 heterocycles. The van der Waals surface area contributed by atoms with Crippen LogP contribution in [0.3, 0.4) is 0 Å². The smallest absolute Gasteiger partial charge is 0.337 e. The summed E-state index contributed by atoms with van der Waals surface area (Å²) in [5.41, 5.74) is -0.970. The number of rotatable bonds is 4. The van der Waals surface area contributed by atoms with E-state index in [-0.39, 0.29) is 21.6 Å². The molecular weight excluding hydrogens is 318 g/mol. The van der Waals surface area contributed by atoms with E-state index in [0.717, 1.165) is 6.07 Å². The van der Waals surface area contributed by atoms with Crippen LogP contribution in [0, 0.1) is 0 Å². The first-order valence-electron chi connectivity index (χ1n) is 6.34. The van der Waals surface area contributed by atoms with Crippen LogP contribution in [-0.2, 0) is 14.8 Å². The summed E-state index contributed by atoms with van der Waals surface area (Å²) >= 11 is 5.75. The molecule has 116 valence electrons. The van der Waals surface area contributed by atoms with Crippen LogP contribution in [0.25, 0.3) is 0 Å². The third-order valence-corrected chi connectivity index (χ3v) is 5.67. The van der Waals surface area contributed by atoms with Gasteiger partial charge in [-0.3, -0.25) is 0 Å². The van der Waals surface area contributed by atoms with Crippen LogP contribution in [0.5, 0.6) is 0 Å². The van der Waals surface area contributed by atoms with Gasteiger partial charge < -0.3 is 9.84 Å². The van der Waals surface area contributed by atoms with Gasteiger partial charge in [-0.2, -0.15) is 0 Å². The molecule has 2 rings (SSSR count).